The molecule has 0 bridgehead atoms. The minimum Gasteiger partial charge on any atom is 1.00 e. The molecular weight excluding hydrogens is 194 g/mol. The minimum atomic E-state index is 0. The Morgan fingerprint density at radius 1 is 1.27 bits per heavy atom. The molecule has 2 heteroatoms. The largest absolute Gasteiger partial charge is 1.00 e. The van der Waals surface area contributed by atoms with Crippen LogP contribution in [0.2, 0.25) is 0 Å². The molecule has 0 N–H and O–H groups in total. The molecule has 0 saturated heterocycles. The van der Waals surface area contributed by atoms with E-state index < -0.39 is 0 Å². The summed E-state index contributed by atoms with van der Waals surface area (Å²) in [5.41, 5.74) is 0. The van der Waals surface area contributed by atoms with E-state index in [4.69, 9.17) is 0 Å². The maximum Gasteiger partial charge on any atom is 1.00 e. The van der Waals surface area contributed by atoms with Gasteiger partial charge in [0.05, 0.1) is 0 Å². The molecule has 1 aromatic carbocycles. The van der Waals surface area contributed by atoms with Gasteiger partial charge in [-0.15, -0.1) is 0 Å². The van der Waals surface area contributed by atoms with Crippen molar-refractivity contribution in [2.75, 3.05) is 0 Å². The molecule has 0 unspecified atom stereocenters. The minimum absolute atomic E-state index is 0. The van der Waals surface area contributed by atoms with Gasteiger partial charge in [0.15, 0.2) is 0 Å². The van der Waals surface area contributed by atoms with E-state index in [9.17, 15) is 0 Å². The average Bonchev–Trinajstić information content (AvgIpc) is 2.03. The van der Waals surface area contributed by atoms with Crippen LogP contribution in [-0.4, -0.2) is 15.0 Å². The first-order chi connectivity index (χ1) is 4.93. The molecular formula is C9H11LiSe. The van der Waals surface area contributed by atoms with Crippen LogP contribution in [0.15, 0.2) is 30.3 Å². The van der Waals surface area contributed by atoms with E-state index in [0.29, 0.717) is 15.0 Å². The van der Waals surface area contributed by atoms with Crippen LogP contribution in [-0.2, 0) is 0 Å². The fourth-order valence-electron chi connectivity index (χ4n) is 0.679. The summed E-state index contributed by atoms with van der Waals surface area (Å²) in [4.78, 5) is 0. The van der Waals surface area contributed by atoms with E-state index in [1.54, 1.807) is 0 Å². The maximum atomic E-state index is 2.35. The zero-order valence-electron chi connectivity index (χ0n) is 7.08. The monoisotopic (exact) mass is 206 g/mol. The molecule has 0 nitrogen and oxygen atoms in total. The van der Waals surface area contributed by atoms with Crippen LogP contribution in [0.1, 0.15) is 13.3 Å². The molecule has 0 aliphatic rings. The Bertz CT molecular complexity index is 174. The third kappa shape index (κ3) is 4.72. The Labute approximate surface area is 87.1 Å². The molecule has 0 amide bonds. The molecule has 0 saturated carbocycles. The zero-order chi connectivity index (χ0) is 7.23. The van der Waals surface area contributed by atoms with Crippen LogP contribution in [0.25, 0.3) is 0 Å². The fraction of sp³-hybridized carbons (Fsp3) is 0.222. The molecule has 11 heavy (non-hydrogen) atoms. The summed E-state index contributed by atoms with van der Waals surface area (Å²) in [5.74, 6) is 0. The third-order valence-corrected chi connectivity index (χ3v) is 3.32. The van der Waals surface area contributed by atoms with Gasteiger partial charge in [-0.1, -0.05) is 0 Å². The Hall–Kier alpha value is 0.337. The van der Waals surface area contributed by atoms with Gasteiger partial charge in [-0.3, -0.25) is 0 Å². The standard InChI is InChI=1S/C9H11Se.Li/c1-2-8-10-9-6-4-3-5-7-9;/h3-8H,2H2,1H3;/q-1;+1. The van der Waals surface area contributed by atoms with Gasteiger partial charge in [0, 0.05) is 0 Å². The molecule has 0 spiro atoms. The average molecular weight is 205 g/mol. The number of rotatable bonds is 3. The van der Waals surface area contributed by atoms with E-state index in [1.165, 1.54) is 10.9 Å². The second kappa shape index (κ2) is 7.01. The Morgan fingerprint density at radius 3 is 2.45 bits per heavy atom. The van der Waals surface area contributed by atoms with Crippen molar-refractivity contribution in [2.45, 2.75) is 13.3 Å². The summed E-state index contributed by atoms with van der Waals surface area (Å²) < 4.78 is 1.47. The van der Waals surface area contributed by atoms with Crippen LogP contribution in [0, 0.1) is 5.32 Å². The van der Waals surface area contributed by atoms with Gasteiger partial charge in [0.2, 0.25) is 0 Å². The normalized spacial score (nSPS) is 8.82. The molecule has 1 rings (SSSR count). The second-order valence-electron chi connectivity index (χ2n) is 2.01. The maximum absolute atomic E-state index is 2.35. The van der Waals surface area contributed by atoms with Gasteiger partial charge in [0.25, 0.3) is 0 Å². The quantitative estimate of drug-likeness (QED) is 0.420. The molecule has 54 valence electrons. The van der Waals surface area contributed by atoms with Gasteiger partial charge in [-0.05, 0) is 0 Å². The number of hydrogen-bond donors (Lipinski definition) is 0. The van der Waals surface area contributed by atoms with E-state index in [1.807, 2.05) is 0 Å². The van der Waals surface area contributed by atoms with E-state index >= 15 is 0 Å². The van der Waals surface area contributed by atoms with Crippen LogP contribution >= 0.6 is 0 Å². The first-order valence-electron chi connectivity index (χ1n) is 3.47. The van der Waals surface area contributed by atoms with Crippen molar-refractivity contribution in [2.24, 2.45) is 0 Å². The van der Waals surface area contributed by atoms with Crippen LogP contribution in [0.5, 0.6) is 0 Å². The van der Waals surface area contributed by atoms with Crippen molar-refractivity contribution < 1.29 is 18.9 Å². The van der Waals surface area contributed by atoms with Gasteiger partial charge in [-0.25, -0.2) is 0 Å². The summed E-state index contributed by atoms with van der Waals surface area (Å²) in [6.07, 6.45) is 1.19. The Balaban J connectivity index is 0.000001000. The molecule has 1 aromatic rings. The Kier molecular flexibility index (Phi) is 7.23. The second-order valence-corrected chi connectivity index (χ2v) is 4.19. The third-order valence-electron chi connectivity index (χ3n) is 1.13. The first-order valence-corrected chi connectivity index (χ1v) is 5.31. The van der Waals surface area contributed by atoms with Crippen LogP contribution in [0.3, 0.4) is 0 Å². The number of benzene rings is 1. The molecule has 0 aromatic heterocycles. The molecule has 0 aliphatic heterocycles. The van der Waals surface area contributed by atoms with Crippen molar-refractivity contribution in [1.82, 2.24) is 0 Å². The van der Waals surface area contributed by atoms with Crippen molar-refractivity contribution in [3.05, 3.63) is 35.7 Å². The summed E-state index contributed by atoms with van der Waals surface area (Å²) in [6, 6.07) is 10.6. The van der Waals surface area contributed by atoms with Crippen molar-refractivity contribution in [1.29, 1.82) is 0 Å². The van der Waals surface area contributed by atoms with Crippen LogP contribution in [0.4, 0.5) is 0 Å². The first kappa shape index (κ1) is 11.3. The van der Waals surface area contributed by atoms with Gasteiger partial charge >= 0.3 is 87.3 Å². The van der Waals surface area contributed by atoms with Crippen molar-refractivity contribution >= 4 is 19.4 Å². The van der Waals surface area contributed by atoms with Gasteiger partial charge < -0.3 is 0 Å². The van der Waals surface area contributed by atoms with Crippen LogP contribution < -0.4 is 23.3 Å². The zero-order valence-corrected chi connectivity index (χ0v) is 8.79. The smallest absolute Gasteiger partial charge is 1.00 e. The summed E-state index contributed by atoms with van der Waals surface area (Å²) in [5, 5.41) is 2.35. The van der Waals surface area contributed by atoms with Crippen molar-refractivity contribution in [3.8, 4) is 0 Å². The molecule has 0 fully saturated rings. The molecule has 0 heterocycles. The summed E-state index contributed by atoms with van der Waals surface area (Å²) in [6.45, 7) is 2.19. The van der Waals surface area contributed by atoms with Gasteiger partial charge in [-0.2, -0.15) is 0 Å². The fourth-order valence-corrected chi connectivity index (χ4v) is 2.09. The summed E-state index contributed by atoms with van der Waals surface area (Å²) >= 11 is 0.593. The van der Waals surface area contributed by atoms with E-state index in [0.717, 1.165) is 0 Å². The van der Waals surface area contributed by atoms with E-state index in [-0.39, 0.29) is 18.9 Å². The molecule has 0 radical (unpaired) electrons. The predicted octanol–water partition coefficient (Wildman–Crippen LogP) is -1.41. The van der Waals surface area contributed by atoms with Gasteiger partial charge in [0.1, 0.15) is 0 Å². The van der Waals surface area contributed by atoms with E-state index in [2.05, 4.69) is 42.6 Å². The summed E-state index contributed by atoms with van der Waals surface area (Å²) in [7, 11) is 0. The Morgan fingerprint density at radius 2 is 1.91 bits per heavy atom. The number of hydrogen-bond acceptors (Lipinski definition) is 0. The SMILES string of the molecule is CC[CH-][Se]c1ccccc1.[Li+]. The molecule has 0 atom stereocenters. The predicted molar refractivity (Wildman–Crippen MR) is 46.4 cm³/mol. The van der Waals surface area contributed by atoms with Crippen molar-refractivity contribution in [3.63, 3.8) is 0 Å². The molecule has 0 aliphatic carbocycles. The topological polar surface area (TPSA) is 0 Å².